The van der Waals surface area contributed by atoms with Crippen LogP contribution < -0.4 is 19.1 Å². The monoisotopic (exact) mass is 388 g/mol. The van der Waals surface area contributed by atoms with Crippen molar-refractivity contribution in [3.63, 3.8) is 0 Å². The lowest BCUT2D eigenvalue weighted by atomic mass is 10.2. The topological polar surface area (TPSA) is 94.2 Å². The smallest absolute Gasteiger partial charge is 0.240 e. The van der Waals surface area contributed by atoms with E-state index in [0.717, 1.165) is 10.6 Å². The number of carbonyl (C=O) groups excluding carboxylic acids is 1. The lowest BCUT2D eigenvalue weighted by Gasteiger charge is -2.24. The van der Waals surface area contributed by atoms with Crippen LogP contribution >= 0.6 is 0 Å². The van der Waals surface area contributed by atoms with Crippen molar-refractivity contribution < 1.29 is 27.4 Å². The molecule has 0 heterocycles. The minimum absolute atomic E-state index is 0.133. The Bertz CT molecular complexity index is 690. The number of sulfonamides is 1. The first-order valence-corrected chi connectivity index (χ1v) is 10.1. The van der Waals surface area contributed by atoms with Gasteiger partial charge in [-0.05, 0) is 32.4 Å². The SMILES string of the molecule is COc1ccc(N(CC(=O)NCCCOC(C)C)S(C)(=O)=O)c(OC)c1. The van der Waals surface area contributed by atoms with Crippen LogP contribution in [0.15, 0.2) is 18.2 Å². The van der Waals surface area contributed by atoms with E-state index in [1.807, 2.05) is 13.8 Å². The van der Waals surface area contributed by atoms with Gasteiger partial charge in [0.15, 0.2) is 0 Å². The van der Waals surface area contributed by atoms with Crippen molar-refractivity contribution in [2.24, 2.45) is 0 Å². The molecule has 9 heteroatoms. The molecule has 1 N–H and O–H groups in total. The molecule has 0 unspecified atom stereocenters. The number of rotatable bonds is 11. The van der Waals surface area contributed by atoms with Crippen LogP contribution in [0, 0.1) is 0 Å². The van der Waals surface area contributed by atoms with Crippen LogP contribution in [-0.4, -0.2) is 60.6 Å². The highest BCUT2D eigenvalue weighted by Crippen LogP contribution is 2.33. The molecule has 0 atom stereocenters. The van der Waals surface area contributed by atoms with Gasteiger partial charge in [-0.3, -0.25) is 9.10 Å². The Hall–Kier alpha value is -2.00. The van der Waals surface area contributed by atoms with E-state index in [0.29, 0.717) is 31.1 Å². The highest BCUT2D eigenvalue weighted by molar-refractivity contribution is 7.92. The van der Waals surface area contributed by atoms with Gasteiger partial charge in [-0.1, -0.05) is 0 Å². The minimum Gasteiger partial charge on any atom is -0.497 e. The maximum absolute atomic E-state index is 12.2. The van der Waals surface area contributed by atoms with E-state index in [9.17, 15) is 13.2 Å². The molecule has 0 aromatic heterocycles. The third kappa shape index (κ3) is 7.09. The quantitative estimate of drug-likeness (QED) is 0.576. The van der Waals surface area contributed by atoms with Crippen molar-refractivity contribution in [2.45, 2.75) is 26.4 Å². The third-order valence-electron chi connectivity index (χ3n) is 3.44. The van der Waals surface area contributed by atoms with Crippen LogP contribution in [0.4, 0.5) is 5.69 Å². The number of ether oxygens (including phenoxy) is 3. The zero-order chi connectivity index (χ0) is 19.7. The molecule has 26 heavy (non-hydrogen) atoms. The highest BCUT2D eigenvalue weighted by atomic mass is 32.2. The second-order valence-electron chi connectivity index (χ2n) is 5.93. The third-order valence-corrected chi connectivity index (χ3v) is 4.56. The average molecular weight is 388 g/mol. The Labute approximate surface area is 155 Å². The Morgan fingerprint density at radius 3 is 2.46 bits per heavy atom. The summed E-state index contributed by atoms with van der Waals surface area (Å²) in [5.41, 5.74) is 0.272. The van der Waals surface area contributed by atoms with E-state index in [4.69, 9.17) is 14.2 Å². The molecule has 148 valence electrons. The first-order chi connectivity index (χ1) is 12.2. The van der Waals surface area contributed by atoms with Crippen molar-refractivity contribution in [3.8, 4) is 11.5 Å². The predicted molar refractivity (Wildman–Crippen MR) is 100 cm³/mol. The number of nitrogens with one attached hydrogen (secondary N) is 1. The summed E-state index contributed by atoms with van der Waals surface area (Å²) in [6.45, 7) is 4.46. The Morgan fingerprint density at radius 1 is 1.23 bits per heavy atom. The molecule has 0 saturated heterocycles. The van der Waals surface area contributed by atoms with E-state index >= 15 is 0 Å². The molecular formula is C17H28N2O6S. The van der Waals surface area contributed by atoms with Gasteiger partial charge in [-0.15, -0.1) is 0 Å². The molecule has 0 bridgehead atoms. The summed E-state index contributed by atoms with van der Waals surface area (Å²) >= 11 is 0. The van der Waals surface area contributed by atoms with E-state index in [1.165, 1.54) is 14.2 Å². The zero-order valence-corrected chi connectivity index (χ0v) is 16.8. The average Bonchev–Trinajstić information content (AvgIpc) is 2.57. The molecule has 0 spiro atoms. The second kappa shape index (κ2) is 10.2. The van der Waals surface area contributed by atoms with Gasteiger partial charge in [-0.2, -0.15) is 0 Å². The normalized spacial score (nSPS) is 11.3. The van der Waals surface area contributed by atoms with Gasteiger partial charge in [0.1, 0.15) is 18.0 Å². The Balaban J connectivity index is 2.82. The van der Waals surface area contributed by atoms with Gasteiger partial charge >= 0.3 is 0 Å². The molecule has 1 rings (SSSR count). The van der Waals surface area contributed by atoms with Gasteiger partial charge in [0.2, 0.25) is 15.9 Å². The Morgan fingerprint density at radius 2 is 1.92 bits per heavy atom. The number of carbonyl (C=O) groups is 1. The van der Waals surface area contributed by atoms with Crippen LogP contribution in [-0.2, 0) is 19.6 Å². The lowest BCUT2D eigenvalue weighted by Crippen LogP contribution is -2.41. The molecular weight excluding hydrogens is 360 g/mol. The van der Waals surface area contributed by atoms with Crippen LogP contribution in [0.3, 0.4) is 0 Å². The molecule has 0 saturated carbocycles. The number of amides is 1. The van der Waals surface area contributed by atoms with Crippen molar-refractivity contribution >= 4 is 21.6 Å². The molecule has 0 radical (unpaired) electrons. The van der Waals surface area contributed by atoms with E-state index in [1.54, 1.807) is 18.2 Å². The van der Waals surface area contributed by atoms with E-state index < -0.39 is 15.9 Å². The molecule has 1 aromatic rings. The van der Waals surface area contributed by atoms with Gasteiger partial charge in [0, 0.05) is 19.2 Å². The fourth-order valence-corrected chi connectivity index (χ4v) is 3.04. The molecule has 0 aliphatic carbocycles. The first kappa shape index (κ1) is 22.0. The molecule has 0 fully saturated rings. The van der Waals surface area contributed by atoms with Crippen LogP contribution in [0.25, 0.3) is 0 Å². The fourth-order valence-electron chi connectivity index (χ4n) is 2.18. The maximum Gasteiger partial charge on any atom is 0.240 e. The van der Waals surface area contributed by atoms with Crippen molar-refractivity contribution in [1.82, 2.24) is 5.32 Å². The van der Waals surface area contributed by atoms with Gasteiger partial charge < -0.3 is 19.5 Å². The molecule has 1 amide bonds. The summed E-state index contributed by atoms with van der Waals surface area (Å²) in [4.78, 5) is 12.2. The number of hydrogen-bond donors (Lipinski definition) is 1. The van der Waals surface area contributed by atoms with E-state index in [2.05, 4.69) is 5.32 Å². The first-order valence-electron chi connectivity index (χ1n) is 8.27. The summed E-state index contributed by atoms with van der Waals surface area (Å²) in [7, 11) is -0.761. The van der Waals surface area contributed by atoms with Crippen LogP contribution in [0.2, 0.25) is 0 Å². The standard InChI is InChI=1S/C17H28N2O6S/c1-13(2)25-10-6-9-18-17(20)12-19(26(5,21)22)15-8-7-14(23-3)11-16(15)24-4/h7-8,11,13H,6,9-10,12H2,1-5H3,(H,18,20). The minimum atomic E-state index is -3.68. The van der Waals surface area contributed by atoms with Gasteiger partial charge in [0.25, 0.3) is 0 Å². The predicted octanol–water partition coefficient (Wildman–Crippen LogP) is 1.40. The molecule has 0 aliphatic rings. The second-order valence-corrected chi connectivity index (χ2v) is 7.84. The van der Waals surface area contributed by atoms with Gasteiger partial charge in [0.05, 0.1) is 32.3 Å². The van der Waals surface area contributed by atoms with Crippen LogP contribution in [0.5, 0.6) is 11.5 Å². The number of benzene rings is 1. The van der Waals surface area contributed by atoms with Gasteiger partial charge in [-0.25, -0.2) is 8.42 Å². The summed E-state index contributed by atoms with van der Waals surface area (Å²) < 4.78 is 41.1. The number of hydrogen-bond acceptors (Lipinski definition) is 6. The van der Waals surface area contributed by atoms with Crippen molar-refractivity contribution in [2.75, 3.05) is 44.5 Å². The number of methoxy groups -OCH3 is 2. The lowest BCUT2D eigenvalue weighted by molar-refractivity contribution is -0.119. The van der Waals surface area contributed by atoms with Crippen molar-refractivity contribution in [3.05, 3.63) is 18.2 Å². The molecule has 1 aromatic carbocycles. The summed E-state index contributed by atoms with van der Waals surface area (Å²) in [6.07, 6.45) is 1.82. The fraction of sp³-hybridized carbons (Fsp3) is 0.588. The molecule has 8 nitrogen and oxygen atoms in total. The Kier molecular flexibility index (Phi) is 8.67. The largest absolute Gasteiger partial charge is 0.497 e. The van der Waals surface area contributed by atoms with Crippen LogP contribution in [0.1, 0.15) is 20.3 Å². The van der Waals surface area contributed by atoms with Crippen molar-refractivity contribution in [1.29, 1.82) is 0 Å². The number of nitrogens with zero attached hydrogens (tertiary/aromatic N) is 1. The summed E-state index contributed by atoms with van der Waals surface area (Å²) in [6, 6.07) is 4.72. The summed E-state index contributed by atoms with van der Waals surface area (Å²) in [5, 5.41) is 2.70. The molecule has 0 aliphatic heterocycles. The number of anilines is 1. The van der Waals surface area contributed by atoms with E-state index in [-0.39, 0.29) is 18.3 Å². The maximum atomic E-state index is 12.2. The summed E-state index contributed by atoms with van der Waals surface area (Å²) in [5.74, 6) is 0.416. The highest BCUT2D eigenvalue weighted by Gasteiger charge is 2.24. The zero-order valence-electron chi connectivity index (χ0n) is 15.9.